The van der Waals surface area contributed by atoms with E-state index < -0.39 is 0 Å². The number of halogens is 2. The largest absolute Gasteiger partial charge is 0.123 e. The fourth-order valence-electron chi connectivity index (χ4n) is 1.18. The lowest BCUT2D eigenvalue weighted by Crippen LogP contribution is -2.24. The maximum absolute atomic E-state index is 6.08. The predicted octanol–water partition coefficient (Wildman–Crippen LogP) is 3.17. The van der Waals surface area contributed by atoms with Crippen LogP contribution in [0.3, 0.4) is 0 Å². The minimum atomic E-state index is 0.0470. The molecule has 0 radical (unpaired) electrons. The van der Waals surface area contributed by atoms with Gasteiger partial charge in [-0.1, -0.05) is 0 Å². The lowest BCUT2D eigenvalue weighted by atomic mass is 9.90. The van der Waals surface area contributed by atoms with Crippen molar-refractivity contribution in [2.75, 3.05) is 0 Å². The molecule has 0 aromatic carbocycles. The van der Waals surface area contributed by atoms with Crippen LogP contribution in [0.4, 0.5) is 0 Å². The van der Waals surface area contributed by atoms with Gasteiger partial charge < -0.3 is 0 Å². The van der Waals surface area contributed by atoms with Crippen LogP contribution in [0, 0.1) is 0 Å². The van der Waals surface area contributed by atoms with Gasteiger partial charge in [0, 0.05) is 10.3 Å². The highest BCUT2D eigenvalue weighted by Gasteiger charge is 2.27. The van der Waals surface area contributed by atoms with Crippen LogP contribution in [0.5, 0.6) is 0 Å². The molecule has 1 fully saturated rings. The molecule has 54 valence electrons. The van der Waals surface area contributed by atoms with E-state index >= 15 is 0 Å². The standard InChI is InChI=1S/C7H12Cl2/c1-7(9)4-2-6(8)3-5-7/h6H,2-5H2,1H3. The van der Waals surface area contributed by atoms with Gasteiger partial charge in [0.2, 0.25) is 0 Å². The number of alkyl halides is 2. The van der Waals surface area contributed by atoms with Crippen LogP contribution in [-0.4, -0.2) is 10.3 Å². The Morgan fingerprint density at radius 3 is 2.11 bits per heavy atom. The molecule has 1 aliphatic carbocycles. The number of rotatable bonds is 0. The van der Waals surface area contributed by atoms with E-state index in [1.54, 1.807) is 0 Å². The summed E-state index contributed by atoms with van der Waals surface area (Å²) in [4.78, 5) is 0.0470. The predicted molar refractivity (Wildman–Crippen MR) is 42.4 cm³/mol. The van der Waals surface area contributed by atoms with Gasteiger partial charge in [-0.3, -0.25) is 0 Å². The molecule has 1 rings (SSSR count). The Labute approximate surface area is 66.5 Å². The van der Waals surface area contributed by atoms with Crippen molar-refractivity contribution in [2.24, 2.45) is 0 Å². The summed E-state index contributed by atoms with van der Waals surface area (Å²) in [6.45, 7) is 2.09. The summed E-state index contributed by atoms with van der Waals surface area (Å²) in [7, 11) is 0. The highest BCUT2D eigenvalue weighted by Crippen LogP contribution is 2.35. The molecule has 0 unspecified atom stereocenters. The van der Waals surface area contributed by atoms with Gasteiger partial charge in [0.25, 0.3) is 0 Å². The molecule has 0 spiro atoms. The molecule has 1 aliphatic rings. The molecule has 1 saturated carbocycles. The second-order valence-corrected chi connectivity index (χ2v) is 4.62. The first-order valence-corrected chi connectivity index (χ1v) is 4.25. The van der Waals surface area contributed by atoms with Crippen molar-refractivity contribution in [3.05, 3.63) is 0 Å². The Bertz CT molecular complexity index is 89.1. The molecule has 0 amide bonds. The Balaban J connectivity index is 2.35. The maximum Gasteiger partial charge on any atom is 0.0419 e. The van der Waals surface area contributed by atoms with E-state index in [1.807, 2.05) is 0 Å². The Morgan fingerprint density at radius 2 is 1.78 bits per heavy atom. The van der Waals surface area contributed by atoms with E-state index in [0.29, 0.717) is 5.38 Å². The summed E-state index contributed by atoms with van der Waals surface area (Å²) in [5, 5.41) is 0.386. The van der Waals surface area contributed by atoms with Gasteiger partial charge in [-0.15, -0.1) is 23.2 Å². The number of hydrogen-bond acceptors (Lipinski definition) is 0. The zero-order valence-corrected chi connectivity index (χ0v) is 7.17. The Morgan fingerprint density at radius 1 is 1.33 bits per heavy atom. The first-order valence-electron chi connectivity index (χ1n) is 3.43. The van der Waals surface area contributed by atoms with Gasteiger partial charge >= 0.3 is 0 Å². The molecule has 0 heterocycles. The molecule has 9 heavy (non-hydrogen) atoms. The van der Waals surface area contributed by atoms with Gasteiger partial charge in [0.15, 0.2) is 0 Å². The molecule has 0 N–H and O–H groups in total. The summed E-state index contributed by atoms with van der Waals surface area (Å²) in [5.74, 6) is 0. The highest BCUT2D eigenvalue weighted by molar-refractivity contribution is 6.24. The molecular weight excluding hydrogens is 155 g/mol. The summed E-state index contributed by atoms with van der Waals surface area (Å²) >= 11 is 12.0. The average Bonchev–Trinajstić information content (AvgIpc) is 1.78. The SMILES string of the molecule is CC1(Cl)CCC(Cl)CC1. The molecule has 0 aromatic heterocycles. The van der Waals surface area contributed by atoms with Gasteiger partial charge in [-0.25, -0.2) is 0 Å². The second kappa shape index (κ2) is 2.67. The van der Waals surface area contributed by atoms with Gasteiger partial charge in [-0.05, 0) is 32.6 Å². The van der Waals surface area contributed by atoms with E-state index in [9.17, 15) is 0 Å². The quantitative estimate of drug-likeness (QED) is 0.486. The monoisotopic (exact) mass is 166 g/mol. The van der Waals surface area contributed by atoms with Crippen LogP contribution in [0.25, 0.3) is 0 Å². The van der Waals surface area contributed by atoms with E-state index in [4.69, 9.17) is 23.2 Å². The topological polar surface area (TPSA) is 0 Å². The van der Waals surface area contributed by atoms with E-state index in [-0.39, 0.29) is 4.87 Å². The van der Waals surface area contributed by atoms with Crippen molar-refractivity contribution in [1.82, 2.24) is 0 Å². The van der Waals surface area contributed by atoms with E-state index in [1.165, 1.54) is 0 Å². The van der Waals surface area contributed by atoms with Crippen LogP contribution in [0.2, 0.25) is 0 Å². The van der Waals surface area contributed by atoms with Crippen molar-refractivity contribution in [3.63, 3.8) is 0 Å². The lowest BCUT2D eigenvalue weighted by Gasteiger charge is -2.29. The van der Waals surface area contributed by atoms with Gasteiger partial charge in [-0.2, -0.15) is 0 Å². The molecule has 0 saturated heterocycles. The molecule has 0 atom stereocenters. The fourth-order valence-corrected chi connectivity index (χ4v) is 1.62. The lowest BCUT2D eigenvalue weighted by molar-refractivity contribution is 0.419. The maximum atomic E-state index is 6.08. The Kier molecular flexibility index (Phi) is 2.28. The van der Waals surface area contributed by atoms with Crippen LogP contribution in [-0.2, 0) is 0 Å². The average molecular weight is 167 g/mol. The zero-order chi connectivity index (χ0) is 6.91. The first kappa shape index (κ1) is 7.68. The molecule has 0 aliphatic heterocycles. The first-order chi connectivity index (χ1) is 4.10. The van der Waals surface area contributed by atoms with Crippen molar-refractivity contribution in [2.45, 2.75) is 42.9 Å². The summed E-state index contributed by atoms with van der Waals surface area (Å²) in [6.07, 6.45) is 4.31. The fraction of sp³-hybridized carbons (Fsp3) is 1.00. The van der Waals surface area contributed by atoms with Crippen molar-refractivity contribution in [3.8, 4) is 0 Å². The van der Waals surface area contributed by atoms with E-state index in [2.05, 4.69) is 6.92 Å². The van der Waals surface area contributed by atoms with Crippen molar-refractivity contribution < 1.29 is 0 Å². The smallest absolute Gasteiger partial charge is 0.0419 e. The minimum absolute atomic E-state index is 0.0470. The summed E-state index contributed by atoms with van der Waals surface area (Å²) in [6, 6.07) is 0. The minimum Gasteiger partial charge on any atom is -0.123 e. The zero-order valence-electron chi connectivity index (χ0n) is 5.66. The number of hydrogen-bond donors (Lipinski definition) is 0. The third-order valence-corrected chi connectivity index (χ3v) is 2.77. The van der Waals surface area contributed by atoms with Crippen LogP contribution >= 0.6 is 23.2 Å². The highest BCUT2D eigenvalue weighted by atomic mass is 35.5. The third-order valence-electron chi connectivity index (χ3n) is 1.96. The molecule has 0 bridgehead atoms. The molecule has 2 heteroatoms. The van der Waals surface area contributed by atoms with Gasteiger partial charge in [0.05, 0.1) is 0 Å². The third kappa shape index (κ3) is 2.35. The van der Waals surface area contributed by atoms with Crippen LogP contribution in [0.15, 0.2) is 0 Å². The van der Waals surface area contributed by atoms with Crippen LogP contribution < -0.4 is 0 Å². The van der Waals surface area contributed by atoms with Gasteiger partial charge in [0.1, 0.15) is 0 Å². The van der Waals surface area contributed by atoms with E-state index in [0.717, 1.165) is 25.7 Å². The summed E-state index contributed by atoms with van der Waals surface area (Å²) < 4.78 is 0. The van der Waals surface area contributed by atoms with Crippen molar-refractivity contribution >= 4 is 23.2 Å². The molecule has 0 aromatic rings. The summed E-state index contributed by atoms with van der Waals surface area (Å²) in [5.41, 5.74) is 0. The van der Waals surface area contributed by atoms with Crippen molar-refractivity contribution in [1.29, 1.82) is 0 Å². The normalized spacial score (nSPS) is 45.0. The molecule has 0 nitrogen and oxygen atoms in total. The second-order valence-electron chi connectivity index (χ2n) is 3.09. The van der Waals surface area contributed by atoms with Crippen LogP contribution in [0.1, 0.15) is 32.6 Å². The molecular formula is C7H12Cl2. The Hall–Kier alpha value is 0.580.